The Morgan fingerprint density at radius 3 is 2.43 bits per heavy atom. The van der Waals surface area contributed by atoms with Crippen molar-refractivity contribution in [1.82, 2.24) is 19.8 Å². The van der Waals surface area contributed by atoms with Crippen LogP contribution in [0.15, 0.2) is 30.3 Å². The predicted molar refractivity (Wildman–Crippen MR) is 133 cm³/mol. The normalized spacial score (nSPS) is 19.0. The number of likely N-dealkylation sites (tertiary alicyclic amines) is 2. The van der Waals surface area contributed by atoms with Gasteiger partial charge in [-0.15, -0.1) is 0 Å². The summed E-state index contributed by atoms with van der Waals surface area (Å²) in [5, 5.41) is 3.19. The molecule has 2 aliphatic rings. The Bertz CT molecular complexity index is 1020. The highest BCUT2D eigenvalue weighted by atomic mass is 19.1. The fraction of sp³-hybridized carbons (Fsp3) is 0.556. The van der Waals surface area contributed by atoms with Crippen molar-refractivity contribution in [2.24, 2.45) is 5.92 Å². The number of carbonyl (C=O) groups excluding carboxylic acids is 2. The lowest BCUT2D eigenvalue weighted by Crippen LogP contribution is -2.51. The van der Waals surface area contributed by atoms with E-state index in [0.29, 0.717) is 43.5 Å². The number of hydrogen-bond donors (Lipinski definition) is 1. The van der Waals surface area contributed by atoms with Crippen molar-refractivity contribution in [3.05, 3.63) is 53.1 Å². The number of amides is 2. The van der Waals surface area contributed by atoms with E-state index < -0.39 is 0 Å². The quantitative estimate of drug-likeness (QED) is 0.649. The maximum atomic E-state index is 13.9. The van der Waals surface area contributed by atoms with Crippen molar-refractivity contribution in [3.63, 3.8) is 0 Å². The fourth-order valence-electron chi connectivity index (χ4n) is 5.44. The molecule has 0 radical (unpaired) electrons. The number of nitrogens with zero attached hydrogens (tertiary/aromatic N) is 4. The van der Waals surface area contributed by atoms with Gasteiger partial charge in [0.25, 0.3) is 0 Å². The lowest BCUT2D eigenvalue weighted by Gasteiger charge is -2.44. The zero-order chi connectivity index (χ0) is 24.8. The summed E-state index contributed by atoms with van der Waals surface area (Å²) < 4.78 is 13.9. The summed E-state index contributed by atoms with van der Waals surface area (Å²) in [6, 6.07) is 8.63. The van der Waals surface area contributed by atoms with Gasteiger partial charge in [0.1, 0.15) is 5.82 Å². The SMILES string of the molecule is Cc1cc(C)nc(NCCC(=O)N2CCCC[C@H]2C2CCN(C(=O)Cc3ccccc3F)CC2)n1. The van der Waals surface area contributed by atoms with E-state index in [2.05, 4.69) is 20.2 Å². The van der Waals surface area contributed by atoms with Crippen LogP contribution in [0.5, 0.6) is 0 Å². The lowest BCUT2D eigenvalue weighted by atomic mass is 9.83. The maximum Gasteiger partial charge on any atom is 0.227 e. The Morgan fingerprint density at radius 1 is 1.00 bits per heavy atom. The molecule has 4 rings (SSSR count). The van der Waals surface area contributed by atoms with E-state index in [1.165, 1.54) is 6.07 Å². The van der Waals surface area contributed by atoms with E-state index in [0.717, 1.165) is 50.0 Å². The summed E-state index contributed by atoms with van der Waals surface area (Å²) in [5.41, 5.74) is 2.26. The van der Waals surface area contributed by atoms with Gasteiger partial charge in [-0.05, 0) is 69.6 Å². The zero-order valence-electron chi connectivity index (χ0n) is 20.8. The summed E-state index contributed by atoms with van der Waals surface area (Å²) in [5.74, 6) is 0.783. The Kier molecular flexibility index (Phi) is 8.31. The molecule has 1 aromatic carbocycles. The number of piperidine rings is 2. The number of halogens is 1. The van der Waals surface area contributed by atoms with Gasteiger partial charge in [-0.2, -0.15) is 0 Å². The maximum absolute atomic E-state index is 13.9. The molecular formula is C27H36FN5O2. The van der Waals surface area contributed by atoms with Crippen molar-refractivity contribution in [1.29, 1.82) is 0 Å². The van der Waals surface area contributed by atoms with Crippen LogP contribution in [0.2, 0.25) is 0 Å². The van der Waals surface area contributed by atoms with Gasteiger partial charge in [0.2, 0.25) is 17.8 Å². The zero-order valence-corrected chi connectivity index (χ0v) is 20.8. The molecular weight excluding hydrogens is 445 g/mol. The summed E-state index contributed by atoms with van der Waals surface area (Å²) in [7, 11) is 0. The van der Waals surface area contributed by atoms with E-state index in [1.54, 1.807) is 18.2 Å². The van der Waals surface area contributed by atoms with E-state index >= 15 is 0 Å². The molecule has 35 heavy (non-hydrogen) atoms. The van der Waals surface area contributed by atoms with Crippen LogP contribution in [-0.4, -0.2) is 63.8 Å². The van der Waals surface area contributed by atoms with Gasteiger partial charge >= 0.3 is 0 Å². The number of aromatic nitrogens is 2. The first kappa shape index (κ1) is 25.1. The molecule has 7 nitrogen and oxygen atoms in total. The first-order chi connectivity index (χ1) is 16.9. The Morgan fingerprint density at radius 2 is 1.71 bits per heavy atom. The van der Waals surface area contributed by atoms with Gasteiger partial charge in [-0.3, -0.25) is 9.59 Å². The molecule has 2 aliphatic heterocycles. The molecule has 2 saturated heterocycles. The average Bonchev–Trinajstić information content (AvgIpc) is 2.85. The van der Waals surface area contributed by atoms with Crippen LogP contribution in [0.4, 0.5) is 10.3 Å². The van der Waals surface area contributed by atoms with Crippen molar-refractivity contribution < 1.29 is 14.0 Å². The van der Waals surface area contributed by atoms with Crippen molar-refractivity contribution in [3.8, 4) is 0 Å². The molecule has 3 heterocycles. The second kappa shape index (κ2) is 11.6. The highest BCUT2D eigenvalue weighted by Gasteiger charge is 2.35. The molecule has 0 spiro atoms. The van der Waals surface area contributed by atoms with Crippen molar-refractivity contribution in [2.45, 2.75) is 64.8 Å². The monoisotopic (exact) mass is 481 g/mol. The lowest BCUT2D eigenvalue weighted by molar-refractivity contribution is -0.138. The Labute approximate surface area is 207 Å². The van der Waals surface area contributed by atoms with Crippen LogP contribution in [0, 0.1) is 25.6 Å². The number of hydrogen-bond acceptors (Lipinski definition) is 5. The first-order valence-corrected chi connectivity index (χ1v) is 12.8. The number of carbonyl (C=O) groups is 2. The number of anilines is 1. The van der Waals surface area contributed by atoms with Gasteiger partial charge in [0.05, 0.1) is 6.42 Å². The fourth-order valence-corrected chi connectivity index (χ4v) is 5.44. The number of aryl methyl sites for hydroxylation is 2. The average molecular weight is 482 g/mol. The Balaban J connectivity index is 1.28. The number of rotatable bonds is 7. The largest absolute Gasteiger partial charge is 0.354 e. The van der Waals surface area contributed by atoms with E-state index in [9.17, 15) is 14.0 Å². The first-order valence-electron chi connectivity index (χ1n) is 12.8. The van der Waals surface area contributed by atoms with Gasteiger partial charge in [0, 0.05) is 50.0 Å². The highest BCUT2D eigenvalue weighted by molar-refractivity contribution is 5.79. The minimum absolute atomic E-state index is 0.0233. The second-order valence-corrected chi connectivity index (χ2v) is 9.79. The molecule has 1 atom stereocenters. The third kappa shape index (κ3) is 6.55. The Hall–Kier alpha value is -3.03. The van der Waals surface area contributed by atoms with Crippen LogP contribution in [0.25, 0.3) is 0 Å². The molecule has 0 bridgehead atoms. The standard InChI is InChI=1S/C27H36FN5O2/c1-19-17-20(2)31-27(30-19)29-13-10-25(34)33-14-6-5-9-24(33)21-11-15-32(16-12-21)26(35)18-22-7-3-4-8-23(22)28/h3-4,7-8,17,21,24H,5-6,9-16,18H2,1-2H3,(H,29,30,31)/t24-/m0/s1. The predicted octanol–water partition coefficient (Wildman–Crippen LogP) is 3.90. The number of nitrogens with one attached hydrogen (secondary N) is 1. The van der Waals surface area contributed by atoms with Gasteiger partial charge in [0.15, 0.2) is 0 Å². The molecule has 2 fully saturated rings. The molecule has 0 saturated carbocycles. The van der Waals surface area contributed by atoms with Crippen LogP contribution in [0.3, 0.4) is 0 Å². The van der Waals surface area contributed by atoms with Crippen LogP contribution < -0.4 is 5.32 Å². The molecule has 1 aromatic heterocycles. The highest BCUT2D eigenvalue weighted by Crippen LogP contribution is 2.31. The van der Waals surface area contributed by atoms with Gasteiger partial charge < -0.3 is 15.1 Å². The van der Waals surface area contributed by atoms with Crippen LogP contribution >= 0.6 is 0 Å². The summed E-state index contributed by atoms with van der Waals surface area (Å²) >= 11 is 0. The van der Waals surface area contributed by atoms with Crippen molar-refractivity contribution in [2.75, 3.05) is 31.5 Å². The summed E-state index contributed by atoms with van der Waals surface area (Å²) in [6.07, 6.45) is 5.46. The van der Waals surface area contributed by atoms with E-state index in [-0.39, 0.29) is 30.1 Å². The third-order valence-electron chi connectivity index (χ3n) is 7.21. The van der Waals surface area contributed by atoms with Crippen molar-refractivity contribution >= 4 is 17.8 Å². The van der Waals surface area contributed by atoms with Crippen LogP contribution in [-0.2, 0) is 16.0 Å². The summed E-state index contributed by atoms with van der Waals surface area (Å²) in [4.78, 5) is 38.6. The third-order valence-corrected chi connectivity index (χ3v) is 7.21. The number of benzene rings is 1. The summed E-state index contributed by atoms with van der Waals surface area (Å²) in [6.45, 7) is 6.51. The van der Waals surface area contributed by atoms with Gasteiger partial charge in [-0.25, -0.2) is 14.4 Å². The van der Waals surface area contributed by atoms with E-state index in [1.807, 2.05) is 24.8 Å². The molecule has 188 valence electrons. The van der Waals surface area contributed by atoms with Gasteiger partial charge in [-0.1, -0.05) is 18.2 Å². The minimum atomic E-state index is -0.328. The molecule has 2 amide bonds. The minimum Gasteiger partial charge on any atom is -0.354 e. The van der Waals surface area contributed by atoms with E-state index in [4.69, 9.17) is 0 Å². The molecule has 8 heteroatoms. The molecule has 2 aromatic rings. The van der Waals surface area contributed by atoms with Crippen LogP contribution in [0.1, 0.15) is 55.5 Å². The smallest absolute Gasteiger partial charge is 0.227 e. The molecule has 0 unspecified atom stereocenters. The topological polar surface area (TPSA) is 78.4 Å². The second-order valence-electron chi connectivity index (χ2n) is 9.79. The molecule has 1 N–H and O–H groups in total. The molecule has 0 aliphatic carbocycles.